The van der Waals surface area contributed by atoms with E-state index in [9.17, 15) is 9.59 Å². The van der Waals surface area contributed by atoms with Crippen LogP contribution < -0.4 is 4.74 Å². The minimum absolute atomic E-state index is 0.113. The Morgan fingerprint density at radius 2 is 1.02 bits per heavy atom. The first-order chi connectivity index (χ1) is 20.9. The van der Waals surface area contributed by atoms with Crippen molar-refractivity contribution in [3.63, 3.8) is 0 Å². The lowest BCUT2D eigenvalue weighted by Gasteiger charge is -2.26. The van der Waals surface area contributed by atoms with Crippen LogP contribution in [0, 0.1) is 10.8 Å². The lowest BCUT2D eigenvalue weighted by molar-refractivity contribution is -0.160. The predicted octanol–water partition coefficient (Wildman–Crippen LogP) is 11.3. The predicted molar refractivity (Wildman–Crippen MR) is 187 cm³/mol. The molecule has 0 fully saturated rings. The highest BCUT2D eigenvalue weighted by atomic mass is 16.5. The fourth-order valence-electron chi connectivity index (χ4n) is 4.56. The second-order valence-electron chi connectivity index (χ2n) is 14.5. The zero-order chi connectivity index (χ0) is 34.2. The molecular formula is C40H58O5. The molecule has 3 rings (SSSR count). The summed E-state index contributed by atoms with van der Waals surface area (Å²) in [4.78, 5) is 25.1. The van der Waals surface area contributed by atoms with E-state index >= 15 is 0 Å². The van der Waals surface area contributed by atoms with Crippen molar-refractivity contribution < 1.29 is 23.8 Å². The van der Waals surface area contributed by atoms with E-state index in [1.807, 2.05) is 91.8 Å². The number of carbonyl (C=O) groups excluding carboxylic acids is 2. The van der Waals surface area contributed by atoms with Crippen LogP contribution in [-0.2, 0) is 19.1 Å². The standard InChI is InChI=1S/C26H36O4.C14H22O/c1-9-25(5,6)23(27)29-17(3)19-15-16-20(22-14-12-11-13-21(19)22)18(4)30-24(28)26(7,8)10-2;1-6-11(2)12-7-9-13(10-8-12)15-14(3,4)5/h11-18H,9-10H2,1-8H3;7-11H,6H2,1-5H3. The molecule has 248 valence electrons. The second kappa shape index (κ2) is 15.8. The molecule has 3 atom stereocenters. The molecule has 45 heavy (non-hydrogen) atoms. The van der Waals surface area contributed by atoms with E-state index < -0.39 is 10.8 Å². The molecule has 0 heterocycles. The lowest BCUT2D eigenvalue weighted by atomic mass is 9.90. The number of esters is 2. The maximum atomic E-state index is 12.6. The maximum absolute atomic E-state index is 12.6. The van der Waals surface area contributed by atoms with Crippen molar-refractivity contribution in [2.24, 2.45) is 10.8 Å². The molecule has 0 amide bonds. The van der Waals surface area contributed by atoms with Crippen LogP contribution in [0.25, 0.3) is 10.8 Å². The van der Waals surface area contributed by atoms with Gasteiger partial charge < -0.3 is 14.2 Å². The van der Waals surface area contributed by atoms with Gasteiger partial charge in [0.1, 0.15) is 23.6 Å². The molecule has 5 heteroatoms. The highest BCUT2D eigenvalue weighted by molar-refractivity contribution is 5.90. The Hall–Kier alpha value is -3.34. The Morgan fingerprint density at radius 1 is 0.622 bits per heavy atom. The summed E-state index contributed by atoms with van der Waals surface area (Å²) in [7, 11) is 0. The normalized spacial score (nSPS) is 14.1. The number of rotatable bonds is 11. The van der Waals surface area contributed by atoms with Gasteiger partial charge in [0, 0.05) is 11.1 Å². The summed E-state index contributed by atoms with van der Waals surface area (Å²) in [5, 5.41) is 2.00. The van der Waals surface area contributed by atoms with Crippen LogP contribution in [0.2, 0.25) is 0 Å². The third kappa shape index (κ3) is 10.6. The summed E-state index contributed by atoms with van der Waals surface area (Å²) >= 11 is 0. The van der Waals surface area contributed by atoms with Crippen molar-refractivity contribution >= 4 is 22.7 Å². The fourth-order valence-corrected chi connectivity index (χ4v) is 4.56. The average Bonchev–Trinajstić information content (AvgIpc) is 2.99. The van der Waals surface area contributed by atoms with Gasteiger partial charge in [-0.2, -0.15) is 0 Å². The topological polar surface area (TPSA) is 61.8 Å². The Bertz CT molecular complexity index is 1320. The third-order valence-corrected chi connectivity index (χ3v) is 8.79. The Morgan fingerprint density at radius 3 is 1.36 bits per heavy atom. The van der Waals surface area contributed by atoms with Crippen LogP contribution in [0.4, 0.5) is 0 Å². The van der Waals surface area contributed by atoms with E-state index in [0.717, 1.165) is 40.5 Å². The third-order valence-electron chi connectivity index (χ3n) is 8.79. The minimum atomic E-state index is -0.515. The van der Waals surface area contributed by atoms with Crippen molar-refractivity contribution in [2.75, 3.05) is 0 Å². The van der Waals surface area contributed by atoms with Gasteiger partial charge in [-0.3, -0.25) is 9.59 Å². The van der Waals surface area contributed by atoms with Crippen LogP contribution in [-0.4, -0.2) is 17.5 Å². The first-order valence-electron chi connectivity index (χ1n) is 16.6. The molecule has 0 bridgehead atoms. The van der Waals surface area contributed by atoms with Gasteiger partial charge in [-0.25, -0.2) is 0 Å². The molecule has 3 aromatic rings. The summed E-state index contributed by atoms with van der Waals surface area (Å²) in [5.74, 6) is 1.19. The monoisotopic (exact) mass is 618 g/mol. The van der Waals surface area contributed by atoms with Gasteiger partial charge >= 0.3 is 11.9 Å². The summed E-state index contributed by atoms with van der Waals surface area (Å²) in [6, 6.07) is 20.4. The zero-order valence-corrected chi connectivity index (χ0v) is 30.2. The number of hydrogen-bond acceptors (Lipinski definition) is 5. The molecule has 0 aliphatic rings. The first kappa shape index (κ1) is 37.8. The minimum Gasteiger partial charge on any atom is -0.488 e. The van der Waals surface area contributed by atoms with Crippen LogP contribution in [0.15, 0.2) is 60.7 Å². The molecule has 0 aliphatic heterocycles. The first-order valence-corrected chi connectivity index (χ1v) is 16.6. The van der Waals surface area contributed by atoms with Gasteiger partial charge in [0.15, 0.2) is 0 Å². The summed E-state index contributed by atoms with van der Waals surface area (Å²) in [6.07, 6.45) is 1.86. The van der Waals surface area contributed by atoms with Crippen LogP contribution in [0.5, 0.6) is 5.75 Å². The highest BCUT2D eigenvalue weighted by Gasteiger charge is 2.31. The SMILES string of the molecule is CCC(C)(C)C(=O)OC(C)c1ccc(C(C)OC(=O)C(C)(C)CC)c2ccccc12.CCC(C)c1ccc(OC(C)(C)C)cc1. The van der Waals surface area contributed by atoms with Gasteiger partial charge in [-0.15, -0.1) is 0 Å². The molecule has 0 radical (unpaired) electrons. The fraction of sp³-hybridized carbons (Fsp3) is 0.550. The molecule has 5 nitrogen and oxygen atoms in total. The van der Waals surface area contributed by atoms with Gasteiger partial charge in [0.2, 0.25) is 0 Å². The molecule has 3 aromatic carbocycles. The highest BCUT2D eigenvalue weighted by Crippen LogP contribution is 2.35. The van der Waals surface area contributed by atoms with E-state index in [1.54, 1.807) is 0 Å². The molecule has 0 spiro atoms. The van der Waals surface area contributed by atoms with Crippen LogP contribution in [0.3, 0.4) is 0 Å². The largest absolute Gasteiger partial charge is 0.488 e. The molecule has 0 N–H and O–H groups in total. The lowest BCUT2D eigenvalue weighted by Crippen LogP contribution is -2.27. The summed E-state index contributed by atoms with van der Waals surface area (Å²) in [6.45, 7) is 26.0. The Kier molecular flexibility index (Phi) is 13.3. The second-order valence-corrected chi connectivity index (χ2v) is 14.5. The Labute approximate surface area is 273 Å². The van der Waals surface area contributed by atoms with Crippen molar-refractivity contribution in [3.8, 4) is 5.75 Å². The van der Waals surface area contributed by atoms with Crippen molar-refractivity contribution in [2.45, 2.75) is 133 Å². The number of carbonyl (C=O) groups is 2. The van der Waals surface area contributed by atoms with E-state index in [4.69, 9.17) is 14.2 Å². The van der Waals surface area contributed by atoms with Crippen LogP contribution in [0.1, 0.15) is 144 Å². The van der Waals surface area contributed by atoms with Crippen molar-refractivity contribution in [1.82, 2.24) is 0 Å². The molecule has 0 aromatic heterocycles. The molecular weight excluding hydrogens is 560 g/mol. The van der Waals surface area contributed by atoms with E-state index in [2.05, 4.69) is 58.9 Å². The van der Waals surface area contributed by atoms with Crippen molar-refractivity contribution in [3.05, 3.63) is 77.4 Å². The molecule has 3 unspecified atom stereocenters. The number of hydrogen-bond donors (Lipinski definition) is 0. The molecule has 0 saturated carbocycles. The van der Waals surface area contributed by atoms with Gasteiger partial charge in [-0.05, 0) is 116 Å². The van der Waals surface area contributed by atoms with E-state index in [0.29, 0.717) is 5.92 Å². The van der Waals surface area contributed by atoms with E-state index in [1.165, 1.54) is 12.0 Å². The molecule has 0 aliphatic carbocycles. The maximum Gasteiger partial charge on any atom is 0.312 e. The van der Waals surface area contributed by atoms with Gasteiger partial charge in [0.05, 0.1) is 10.8 Å². The number of fused-ring (bicyclic) bond motifs is 1. The van der Waals surface area contributed by atoms with Crippen LogP contribution >= 0.6 is 0 Å². The smallest absolute Gasteiger partial charge is 0.312 e. The summed E-state index contributed by atoms with van der Waals surface area (Å²) in [5.41, 5.74) is 2.14. The van der Waals surface area contributed by atoms with E-state index in [-0.39, 0.29) is 29.7 Å². The summed E-state index contributed by atoms with van der Waals surface area (Å²) < 4.78 is 17.4. The van der Waals surface area contributed by atoms with Crippen molar-refractivity contribution in [1.29, 1.82) is 0 Å². The number of benzene rings is 3. The number of ether oxygens (including phenoxy) is 3. The molecule has 0 saturated heterocycles. The Balaban J connectivity index is 0.000000394. The average molecular weight is 619 g/mol. The zero-order valence-electron chi connectivity index (χ0n) is 30.2. The van der Waals surface area contributed by atoms with Gasteiger partial charge in [0.25, 0.3) is 0 Å². The quantitative estimate of drug-likeness (QED) is 0.200. The van der Waals surface area contributed by atoms with Gasteiger partial charge in [-0.1, -0.05) is 76.2 Å².